The highest BCUT2D eigenvalue weighted by Crippen LogP contribution is 2.27. The number of nitrogens with zero attached hydrogens (tertiary/aromatic N) is 1. The second-order valence-corrected chi connectivity index (χ2v) is 6.16. The van der Waals surface area contributed by atoms with Crippen LogP contribution in [0.2, 0.25) is 0 Å². The molecule has 0 aliphatic carbocycles. The Morgan fingerprint density at radius 2 is 2.24 bits per heavy atom. The Morgan fingerprint density at radius 1 is 1.41 bits per heavy atom. The molecule has 1 aliphatic rings. The van der Waals surface area contributed by atoms with Gasteiger partial charge in [0, 0.05) is 12.2 Å². The Bertz CT molecular complexity index is 558. The zero-order chi connectivity index (χ0) is 12.3. The number of benzene rings is 1. The van der Waals surface area contributed by atoms with Crippen LogP contribution in [0.3, 0.4) is 0 Å². The van der Waals surface area contributed by atoms with Gasteiger partial charge in [0.1, 0.15) is 0 Å². The van der Waals surface area contributed by atoms with Crippen molar-refractivity contribution in [1.82, 2.24) is 0 Å². The SMILES string of the molecule is N#CCCNc1ccc2c(c1)CCCS2(=O)=O. The van der Waals surface area contributed by atoms with Crippen molar-refractivity contribution in [3.8, 4) is 6.07 Å². The van der Waals surface area contributed by atoms with Crippen LogP contribution in [0.25, 0.3) is 0 Å². The van der Waals surface area contributed by atoms with Crippen molar-refractivity contribution >= 4 is 15.5 Å². The minimum absolute atomic E-state index is 0.251. The average molecular weight is 250 g/mol. The van der Waals surface area contributed by atoms with Crippen molar-refractivity contribution in [3.05, 3.63) is 23.8 Å². The predicted octanol–water partition coefficient (Wildman–Crippen LogP) is 1.73. The van der Waals surface area contributed by atoms with Crippen LogP contribution in [0.5, 0.6) is 0 Å². The molecular formula is C12H14N2O2S. The van der Waals surface area contributed by atoms with Gasteiger partial charge in [0.25, 0.3) is 0 Å². The van der Waals surface area contributed by atoms with E-state index in [0.717, 1.165) is 17.7 Å². The topological polar surface area (TPSA) is 70.0 Å². The third-order valence-corrected chi connectivity index (χ3v) is 4.72. The van der Waals surface area contributed by atoms with E-state index in [2.05, 4.69) is 11.4 Å². The number of sulfone groups is 1. The Hall–Kier alpha value is -1.54. The maximum atomic E-state index is 11.8. The van der Waals surface area contributed by atoms with Gasteiger partial charge >= 0.3 is 0 Å². The minimum Gasteiger partial charge on any atom is -0.384 e. The summed E-state index contributed by atoms with van der Waals surface area (Å²) in [5, 5.41) is 11.5. The summed E-state index contributed by atoms with van der Waals surface area (Å²) in [6.45, 7) is 0.585. The standard InChI is InChI=1S/C12H14N2O2S/c13-6-2-7-14-11-4-5-12-10(9-11)3-1-8-17(12,15)16/h4-5,9,14H,1-3,7-8H2. The van der Waals surface area contributed by atoms with E-state index in [4.69, 9.17) is 5.26 Å². The Balaban J connectivity index is 2.23. The van der Waals surface area contributed by atoms with Crippen LogP contribution in [-0.4, -0.2) is 20.7 Å². The van der Waals surface area contributed by atoms with E-state index < -0.39 is 9.84 Å². The molecule has 0 atom stereocenters. The van der Waals surface area contributed by atoms with Crippen molar-refractivity contribution in [2.75, 3.05) is 17.6 Å². The number of rotatable bonds is 3. The maximum Gasteiger partial charge on any atom is 0.178 e. The molecule has 1 aromatic carbocycles. The van der Waals surface area contributed by atoms with E-state index in [1.165, 1.54) is 0 Å². The lowest BCUT2D eigenvalue weighted by Crippen LogP contribution is -2.16. The predicted molar refractivity (Wildman–Crippen MR) is 65.5 cm³/mol. The highest BCUT2D eigenvalue weighted by Gasteiger charge is 2.23. The summed E-state index contributed by atoms with van der Waals surface area (Å²) >= 11 is 0. The molecule has 0 bridgehead atoms. The largest absolute Gasteiger partial charge is 0.384 e. The van der Waals surface area contributed by atoms with Crippen molar-refractivity contribution in [1.29, 1.82) is 5.26 Å². The molecule has 1 N–H and O–H groups in total. The molecule has 17 heavy (non-hydrogen) atoms. The van der Waals surface area contributed by atoms with Crippen LogP contribution < -0.4 is 5.32 Å². The molecule has 0 amide bonds. The van der Waals surface area contributed by atoms with E-state index >= 15 is 0 Å². The normalized spacial score (nSPS) is 16.9. The number of aryl methyl sites for hydroxylation is 1. The summed E-state index contributed by atoms with van der Waals surface area (Å²) in [6.07, 6.45) is 1.94. The third-order valence-electron chi connectivity index (χ3n) is 2.82. The number of hydrogen-bond donors (Lipinski definition) is 1. The molecule has 0 spiro atoms. The van der Waals surface area contributed by atoms with Crippen LogP contribution in [0.15, 0.2) is 23.1 Å². The van der Waals surface area contributed by atoms with Crippen LogP contribution in [0, 0.1) is 11.3 Å². The summed E-state index contributed by atoms with van der Waals surface area (Å²) in [4.78, 5) is 0.467. The zero-order valence-corrected chi connectivity index (χ0v) is 10.3. The highest BCUT2D eigenvalue weighted by molar-refractivity contribution is 7.91. The fraction of sp³-hybridized carbons (Fsp3) is 0.417. The van der Waals surface area contributed by atoms with Crippen LogP contribution in [0.4, 0.5) is 5.69 Å². The second kappa shape index (κ2) is 4.76. The zero-order valence-electron chi connectivity index (χ0n) is 9.44. The molecule has 1 aliphatic heterocycles. The molecule has 0 aromatic heterocycles. The fourth-order valence-corrected chi connectivity index (χ4v) is 3.59. The van der Waals surface area contributed by atoms with Gasteiger partial charge in [-0.25, -0.2) is 8.42 Å². The number of hydrogen-bond acceptors (Lipinski definition) is 4. The molecule has 1 heterocycles. The van der Waals surface area contributed by atoms with E-state index in [1.807, 2.05) is 6.07 Å². The van der Waals surface area contributed by atoms with Crippen LogP contribution >= 0.6 is 0 Å². The van der Waals surface area contributed by atoms with Crippen LogP contribution in [0.1, 0.15) is 18.4 Å². The van der Waals surface area contributed by atoms with Gasteiger partial charge in [0.15, 0.2) is 9.84 Å². The lowest BCUT2D eigenvalue weighted by atomic mass is 10.1. The summed E-state index contributed by atoms with van der Waals surface area (Å²) in [5.74, 6) is 0.251. The number of nitrogens with one attached hydrogen (secondary N) is 1. The molecule has 0 radical (unpaired) electrons. The molecule has 0 fully saturated rings. The number of nitriles is 1. The lowest BCUT2D eigenvalue weighted by Gasteiger charge is -2.17. The second-order valence-electron chi connectivity index (χ2n) is 4.08. The summed E-state index contributed by atoms with van der Waals surface area (Å²) in [5.41, 5.74) is 1.77. The Morgan fingerprint density at radius 3 is 3.00 bits per heavy atom. The average Bonchev–Trinajstić information content (AvgIpc) is 2.29. The molecule has 90 valence electrons. The van der Waals surface area contributed by atoms with E-state index in [-0.39, 0.29) is 5.75 Å². The van der Waals surface area contributed by atoms with E-state index in [0.29, 0.717) is 24.3 Å². The van der Waals surface area contributed by atoms with Gasteiger partial charge in [0.2, 0.25) is 0 Å². The van der Waals surface area contributed by atoms with Gasteiger partial charge in [-0.2, -0.15) is 5.26 Å². The van der Waals surface area contributed by atoms with Gasteiger partial charge in [-0.1, -0.05) is 0 Å². The van der Waals surface area contributed by atoms with E-state index in [9.17, 15) is 8.42 Å². The van der Waals surface area contributed by atoms with Crippen molar-refractivity contribution < 1.29 is 8.42 Å². The van der Waals surface area contributed by atoms with Gasteiger partial charge in [-0.05, 0) is 36.6 Å². The van der Waals surface area contributed by atoms with Gasteiger partial charge < -0.3 is 5.32 Å². The van der Waals surface area contributed by atoms with Crippen LogP contribution in [-0.2, 0) is 16.3 Å². The monoisotopic (exact) mass is 250 g/mol. The quantitative estimate of drug-likeness (QED) is 0.829. The summed E-state index contributed by atoms with van der Waals surface area (Å²) in [7, 11) is -3.06. The van der Waals surface area contributed by atoms with E-state index in [1.54, 1.807) is 12.1 Å². The van der Waals surface area contributed by atoms with Gasteiger partial charge in [-0.15, -0.1) is 0 Å². The first kappa shape index (κ1) is 11.9. The molecule has 2 rings (SSSR count). The third kappa shape index (κ3) is 2.59. The maximum absolute atomic E-state index is 11.8. The Labute approximate surface area is 101 Å². The number of anilines is 1. The van der Waals surface area contributed by atoms with Crippen molar-refractivity contribution in [3.63, 3.8) is 0 Å². The molecule has 0 unspecified atom stereocenters. The Kier molecular flexibility index (Phi) is 3.34. The first-order valence-electron chi connectivity index (χ1n) is 5.60. The van der Waals surface area contributed by atoms with Gasteiger partial charge in [0.05, 0.1) is 23.1 Å². The highest BCUT2D eigenvalue weighted by atomic mass is 32.2. The molecular weight excluding hydrogens is 236 g/mol. The molecule has 5 heteroatoms. The molecule has 4 nitrogen and oxygen atoms in total. The molecule has 0 saturated heterocycles. The summed E-state index contributed by atoms with van der Waals surface area (Å²) in [6, 6.07) is 7.36. The first-order valence-corrected chi connectivity index (χ1v) is 7.25. The fourth-order valence-electron chi connectivity index (χ4n) is 2.01. The number of fused-ring (bicyclic) bond motifs is 1. The lowest BCUT2D eigenvalue weighted by molar-refractivity contribution is 0.586. The summed E-state index contributed by atoms with van der Waals surface area (Å²) < 4.78 is 23.6. The van der Waals surface area contributed by atoms with Gasteiger partial charge in [-0.3, -0.25) is 0 Å². The first-order chi connectivity index (χ1) is 8.13. The molecule has 1 aromatic rings. The minimum atomic E-state index is -3.06. The van der Waals surface area contributed by atoms with Crippen molar-refractivity contribution in [2.24, 2.45) is 0 Å². The van der Waals surface area contributed by atoms with Crippen molar-refractivity contribution in [2.45, 2.75) is 24.2 Å². The molecule has 0 saturated carbocycles. The smallest absolute Gasteiger partial charge is 0.178 e.